The highest BCUT2D eigenvalue weighted by atomic mass is 16.5. The average molecular weight is 428 g/mol. The number of carbonyl (C=O) groups is 3. The molecule has 3 aliphatic heterocycles. The van der Waals surface area contributed by atoms with E-state index >= 15 is 0 Å². The van der Waals surface area contributed by atoms with Gasteiger partial charge in [0.2, 0.25) is 17.7 Å². The minimum atomic E-state index is -0.998. The van der Waals surface area contributed by atoms with Crippen molar-refractivity contribution in [3.63, 3.8) is 0 Å². The van der Waals surface area contributed by atoms with Crippen LogP contribution in [0.25, 0.3) is 0 Å². The maximum Gasteiger partial charge on any atom is 0.246 e. The number of nitrogens with zero attached hydrogens (tertiary/aromatic N) is 1. The van der Waals surface area contributed by atoms with Crippen LogP contribution in [-0.4, -0.2) is 58.5 Å². The van der Waals surface area contributed by atoms with Gasteiger partial charge in [0.25, 0.3) is 0 Å². The van der Waals surface area contributed by atoms with Gasteiger partial charge in [-0.15, -0.1) is 0 Å². The van der Waals surface area contributed by atoms with Gasteiger partial charge in [-0.05, 0) is 38.5 Å². The number of nitrogens with one attached hydrogen (secondary N) is 2. The molecule has 0 radical (unpaired) electrons. The minimum absolute atomic E-state index is 0.0651. The first-order valence-electron chi connectivity index (χ1n) is 12.4. The Bertz CT molecular complexity index is 812. The van der Waals surface area contributed by atoms with Crippen molar-refractivity contribution < 1.29 is 19.1 Å². The van der Waals surface area contributed by atoms with Crippen molar-refractivity contribution in [1.29, 1.82) is 0 Å². The Morgan fingerprint density at radius 3 is 2.16 bits per heavy atom. The van der Waals surface area contributed by atoms with E-state index in [0.717, 1.165) is 64.2 Å². The minimum Gasteiger partial charge on any atom is -0.359 e. The number of rotatable bonds is 5. The lowest BCUT2D eigenvalue weighted by Crippen LogP contribution is -2.56. The summed E-state index contributed by atoms with van der Waals surface area (Å²) in [7, 11) is 0. The van der Waals surface area contributed by atoms with E-state index in [-0.39, 0.29) is 35.8 Å². The molecule has 5 fully saturated rings. The molecule has 5 atom stereocenters. The van der Waals surface area contributed by atoms with Gasteiger partial charge < -0.3 is 20.3 Å². The molecule has 3 heterocycles. The molecule has 7 heteroatoms. The van der Waals surface area contributed by atoms with Gasteiger partial charge in [0, 0.05) is 18.1 Å². The quantitative estimate of drug-likeness (QED) is 0.655. The molecule has 5 unspecified atom stereocenters. The first kappa shape index (κ1) is 19.8. The SMILES string of the molecule is O=C(NC1CCCCC1)C1C2C=CC3(O2)C1C(=O)N(C1CC1)C3C(=O)NC1CCCC1. The highest BCUT2D eigenvalue weighted by Gasteiger charge is 2.74. The largest absolute Gasteiger partial charge is 0.359 e. The molecule has 3 aliphatic carbocycles. The molecular weight excluding hydrogens is 394 g/mol. The number of likely N-dealkylation sites (tertiary alicyclic amines) is 1. The second-order valence-electron chi connectivity index (χ2n) is 10.5. The Balaban J connectivity index is 1.28. The summed E-state index contributed by atoms with van der Waals surface area (Å²) in [6.45, 7) is 0. The fourth-order valence-corrected chi connectivity index (χ4v) is 6.85. The van der Waals surface area contributed by atoms with Crippen LogP contribution in [-0.2, 0) is 19.1 Å². The topological polar surface area (TPSA) is 87.7 Å². The molecule has 168 valence electrons. The zero-order valence-corrected chi connectivity index (χ0v) is 18.1. The zero-order valence-electron chi connectivity index (χ0n) is 18.1. The van der Waals surface area contributed by atoms with Crippen molar-refractivity contribution in [2.24, 2.45) is 11.8 Å². The summed E-state index contributed by atoms with van der Waals surface area (Å²) in [6, 6.07) is -0.179. The van der Waals surface area contributed by atoms with Gasteiger partial charge in [-0.25, -0.2) is 0 Å². The Hall–Kier alpha value is -1.89. The van der Waals surface area contributed by atoms with Crippen LogP contribution >= 0.6 is 0 Å². The number of fused-ring (bicyclic) bond motifs is 1. The highest BCUT2D eigenvalue weighted by Crippen LogP contribution is 2.57. The average Bonchev–Trinajstić information content (AvgIpc) is 3.11. The Kier molecular flexibility index (Phi) is 4.67. The van der Waals surface area contributed by atoms with Crippen LogP contribution < -0.4 is 10.6 Å². The van der Waals surface area contributed by atoms with Crippen molar-refractivity contribution in [2.75, 3.05) is 0 Å². The summed E-state index contributed by atoms with van der Waals surface area (Å²) in [5, 5.41) is 6.42. The lowest BCUT2D eigenvalue weighted by Gasteiger charge is -2.33. The van der Waals surface area contributed by atoms with Crippen LogP contribution in [0, 0.1) is 11.8 Å². The molecule has 7 nitrogen and oxygen atoms in total. The number of hydrogen-bond acceptors (Lipinski definition) is 4. The van der Waals surface area contributed by atoms with Gasteiger partial charge in [0.1, 0.15) is 11.6 Å². The van der Waals surface area contributed by atoms with E-state index in [9.17, 15) is 14.4 Å². The van der Waals surface area contributed by atoms with Crippen LogP contribution in [0.5, 0.6) is 0 Å². The molecular formula is C24H33N3O4. The number of amides is 3. The third-order valence-corrected chi connectivity index (χ3v) is 8.46. The van der Waals surface area contributed by atoms with E-state index < -0.39 is 29.6 Å². The predicted molar refractivity (Wildman–Crippen MR) is 113 cm³/mol. The fraction of sp³-hybridized carbons (Fsp3) is 0.792. The smallest absolute Gasteiger partial charge is 0.246 e. The molecule has 0 aromatic rings. The highest BCUT2D eigenvalue weighted by molar-refractivity contribution is 6.00. The van der Waals surface area contributed by atoms with E-state index in [1.54, 1.807) is 4.90 Å². The molecule has 6 aliphatic rings. The van der Waals surface area contributed by atoms with Crippen molar-refractivity contribution in [3.8, 4) is 0 Å². The van der Waals surface area contributed by atoms with Crippen LogP contribution in [0.3, 0.4) is 0 Å². The number of carbonyl (C=O) groups excluding carboxylic acids is 3. The molecule has 2 saturated heterocycles. The first-order chi connectivity index (χ1) is 15.1. The van der Waals surface area contributed by atoms with Crippen molar-refractivity contribution in [2.45, 2.75) is 107 Å². The van der Waals surface area contributed by atoms with Crippen LogP contribution in [0.2, 0.25) is 0 Å². The molecule has 1 spiro atoms. The third kappa shape index (κ3) is 3.06. The van der Waals surface area contributed by atoms with E-state index in [4.69, 9.17) is 4.74 Å². The van der Waals surface area contributed by atoms with E-state index in [1.165, 1.54) is 6.42 Å². The molecule has 2 bridgehead atoms. The molecule has 3 amide bonds. The maximum absolute atomic E-state index is 13.7. The van der Waals surface area contributed by atoms with Gasteiger partial charge in [-0.2, -0.15) is 0 Å². The summed E-state index contributed by atoms with van der Waals surface area (Å²) < 4.78 is 6.39. The molecule has 0 aromatic heterocycles. The standard InChI is InChI=1S/C24H33N3O4/c28-21(25-14-6-2-1-3-7-14)18-17-12-13-24(31-17)19(18)23(30)27(16-10-11-16)20(24)22(29)26-15-8-4-5-9-15/h12-20H,1-11H2,(H,25,28)(H,26,29). The number of ether oxygens (including phenoxy) is 1. The number of hydrogen-bond donors (Lipinski definition) is 2. The molecule has 6 rings (SSSR count). The van der Waals surface area contributed by atoms with Crippen molar-refractivity contribution in [3.05, 3.63) is 12.2 Å². The van der Waals surface area contributed by atoms with Gasteiger partial charge in [0.05, 0.1) is 17.9 Å². The zero-order chi connectivity index (χ0) is 21.2. The lowest BCUT2D eigenvalue weighted by atomic mass is 9.74. The summed E-state index contributed by atoms with van der Waals surface area (Å²) >= 11 is 0. The van der Waals surface area contributed by atoms with Gasteiger partial charge >= 0.3 is 0 Å². The summed E-state index contributed by atoms with van der Waals surface area (Å²) in [4.78, 5) is 42.3. The van der Waals surface area contributed by atoms with Crippen LogP contribution in [0.15, 0.2) is 12.2 Å². The Morgan fingerprint density at radius 2 is 1.52 bits per heavy atom. The monoisotopic (exact) mass is 427 g/mol. The van der Waals surface area contributed by atoms with Crippen molar-refractivity contribution in [1.82, 2.24) is 15.5 Å². The van der Waals surface area contributed by atoms with E-state index in [1.807, 2.05) is 12.2 Å². The van der Waals surface area contributed by atoms with Crippen molar-refractivity contribution >= 4 is 17.7 Å². The van der Waals surface area contributed by atoms with Crippen LogP contribution in [0.4, 0.5) is 0 Å². The van der Waals surface area contributed by atoms with E-state index in [0.29, 0.717) is 0 Å². The maximum atomic E-state index is 13.7. The lowest BCUT2D eigenvalue weighted by molar-refractivity contribution is -0.142. The second kappa shape index (κ2) is 7.32. The summed E-state index contributed by atoms with van der Waals surface area (Å²) in [5.74, 6) is -1.37. The molecule has 0 aromatic carbocycles. The normalized spacial score (nSPS) is 39.9. The Labute approximate surface area is 183 Å². The van der Waals surface area contributed by atoms with Gasteiger partial charge in [-0.1, -0.05) is 44.3 Å². The summed E-state index contributed by atoms with van der Waals surface area (Å²) in [5.41, 5.74) is -0.998. The Morgan fingerprint density at radius 1 is 0.903 bits per heavy atom. The molecule has 2 N–H and O–H groups in total. The van der Waals surface area contributed by atoms with Crippen LogP contribution in [0.1, 0.15) is 70.6 Å². The summed E-state index contributed by atoms with van der Waals surface area (Å²) in [6.07, 6.45) is 15.1. The molecule has 3 saturated carbocycles. The predicted octanol–water partition coefficient (Wildman–Crippen LogP) is 1.81. The molecule has 31 heavy (non-hydrogen) atoms. The fourth-order valence-electron chi connectivity index (χ4n) is 6.85. The first-order valence-corrected chi connectivity index (χ1v) is 12.4. The third-order valence-electron chi connectivity index (χ3n) is 8.46. The van der Waals surface area contributed by atoms with Gasteiger partial charge in [-0.3, -0.25) is 14.4 Å². The second-order valence-corrected chi connectivity index (χ2v) is 10.5. The van der Waals surface area contributed by atoms with E-state index in [2.05, 4.69) is 10.6 Å². The van der Waals surface area contributed by atoms with Gasteiger partial charge in [0.15, 0.2) is 0 Å².